The maximum atomic E-state index is 13.7. The highest BCUT2D eigenvalue weighted by Crippen LogP contribution is 2.27. The summed E-state index contributed by atoms with van der Waals surface area (Å²) in [5.74, 6) is -1.35. The van der Waals surface area contributed by atoms with Crippen LogP contribution >= 0.6 is 11.3 Å². The Kier molecular flexibility index (Phi) is 10.6. The number of carbonyl (C=O) groups excluding carboxylic acids is 4. The first-order chi connectivity index (χ1) is 21.7. The molecule has 0 saturated carbocycles. The lowest BCUT2D eigenvalue weighted by Gasteiger charge is -2.34. The minimum Gasteiger partial charge on any atom is -0.446 e. The SMILES string of the molecule is CCN1CCC(C(=O)N2CCNC(=O)c3coc(n3)[C@H](Cc3ccccc3)NC(=O)c3csc(n3)[C@H](C(C)C)NC(=O)C2)CC1. The molecule has 13 heteroatoms. The summed E-state index contributed by atoms with van der Waals surface area (Å²) in [6, 6.07) is 8.46. The van der Waals surface area contributed by atoms with Crippen LogP contribution in [0.25, 0.3) is 0 Å². The molecule has 2 aliphatic rings. The average molecular weight is 636 g/mol. The molecule has 2 aliphatic heterocycles. The third-order valence-corrected chi connectivity index (χ3v) is 9.27. The van der Waals surface area contributed by atoms with Gasteiger partial charge in [0.25, 0.3) is 11.8 Å². The van der Waals surface area contributed by atoms with Crippen molar-refractivity contribution in [1.29, 1.82) is 0 Å². The first kappa shape index (κ1) is 32.3. The lowest BCUT2D eigenvalue weighted by atomic mass is 9.95. The van der Waals surface area contributed by atoms with E-state index < -0.39 is 23.9 Å². The lowest BCUT2D eigenvalue weighted by Crippen LogP contribution is -2.49. The second-order valence-electron chi connectivity index (χ2n) is 11.9. The predicted molar refractivity (Wildman–Crippen MR) is 168 cm³/mol. The van der Waals surface area contributed by atoms with E-state index in [9.17, 15) is 19.2 Å². The normalized spacial score (nSPS) is 21.1. The van der Waals surface area contributed by atoms with Gasteiger partial charge in [0, 0.05) is 30.8 Å². The number of hydrogen-bond acceptors (Lipinski definition) is 9. The quantitative estimate of drug-likeness (QED) is 0.388. The second kappa shape index (κ2) is 14.8. The monoisotopic (exact) mass is 635 g/mol. The van der Waals surface area contributed by atoms with Gasteiger partial charge >= 0.3 is 0 Å². The Hall–Kier alpha value is -4.10. The molecule has 2 aromatic heterocycles. The van der Waals surface area contributed by atoms with Gasteiger partial charge in [0.05, 0.1) is 12.6 Å². The van der Waals surface area contributed by atoms with Gasteiger partial charge in [0.2, 0.25) is 17.7 Å². The van der Waals surface area contributed by atoms with Gasteiger partial charge in [-0.3, -0.25) is 19.2 Å². The largest absolute Gasteiger partial charge is 0.446 e. The minimum absolute atomic E-state index is 0.0278. The van der Waals surface area contributed by atoms with Crippen molar-refractivity contribution in [3.63, 3.8) is 0 Å². The van der Waals surface area contributed by atoms with Gasteiger partial charge in [0.1, 0.15) is 23.0 Å². The van der Waals surface area contributed by atoms with E-state index in [0.717, 1.165) is 38.0 Å². The molecule has 1 saturated heterocycles. The number of amides is 4. The van der Waals surface area contributed by atoms with Crippen LogP contribution in [-0.2, 0) is 16.0 Å². The molecule has 0 aliphatic carbocycles. The number of benzene rings is 1. The van der Waals surface area contributed by atoms with Crippen LogP contribution < -0.4 is 16.0 Å². The van der Waals surface area contributed by atoms with Crippen molar-refractivity contribution >= 4 is 35.0 Å². The van der Waals surface area contributed by atoms with Crippen LogP contribution in [-0.4, -0.2) is 82.7 Å². The van der Waals surface area contributed by atoms with Crippen LogP contribution in [0, 0.1) is 11.8 Å². The summed E-state index contributed by atoms with van der Waals surface area (Å²) in [7, 11) is 0. The molecule has 0 unspecified atom stereocenters. The van der Waals surface area contributed by atoms with E-state index >= 15 is 0 Å². The second-order valence-corrected chi connectivity index (χ2v) is 12.8. The maximum absolute atomic E-state index is 13.7. The van der Waals surface area contributed by atoms with Gasteiger partial charge < -0.3 is 30.2 Å². The Morgan fingerprint density at radius 2 is 1.78 bits per heavy atom. The van der Waals surface area contributed by atoms with E-state index in [1.54, 1.807) is 5.38 Å². The fourth-order valence-electron chi connectivity index (χ4n) is 5.69. The average Bonchev–Trinajstić information content (AvgIpc) is 3.74. The molecule has 4 heterocycles. The van der Waals surface area contributed by atoms with E-state index in [1.807, 2.05) is 44.2 Å². The van der Waals surface area contributed by atoms with Crippen molar-refractivity contribution in [3.8, 4) is 0 Å². The summed E-state index contributed by atoms with van der Waals surface area (Å²) in [6.07, 6.45) is 3.09. The van der Waals surface area contributed by atoms with Gasteiger partial charge in [-0.15, -0.1) is 11.3 Å². The number of aromatic nitrogens is 2. The minimum atomic E-state index is -0.668. The van der Waals surface area contributed by atoms with Gasteiger partial charge in [-0.2, -0.15) is 0 Å². The van der Waals surface area contributed by atoms with E-state index in [2.05, 4.69) is 37.7 Å². The van der Waals surface area contributed by atoms with Crippen LogP contribution in [0.2, 0.25) is 0 Å². The van der Waals surface area contributed by atoms with E-state index in [-0.39, 0.29) is 60.6 Å². The van der Waals surface area contributed by atoms with Crippen molar-refractivity contribution in [2.45, 2.75) is 52.1 Å². The maximum Gasteiger partial charge on any atom is 0.273 e. The van der Waals surface area contributed by atoms with Crippen LogP contribution in [0.3, 0.4) is 0 Å². The van der Waals surface area contributed by atoms with Crippen LogP contribution in [0.15, 0.2) is 46.4 Å². The molecule has 45 heavy (non-hydrogen) atoms. The molecule has 3 N–H and O–H groups in total. The third-order valence-electron chi connectivity index (χ3n) is 8.34. The van der Waals surface area contributed by atoms with Gasteiger partial charge in [-0.1, -0.05) is 51.1 Å². The van der Waals surface area contributed by atoms with Gasteiger partial charge in [-0.25, -0.2) is 9.97 Å². The lowest BCUT2D eigenvalue weighted by molar-refractivity contribution is -0.140. The fourth-order valence-corrected chi connectivity index (χ4v) is 6.71. The summed E-state index contributed by atoms with van der Waals surface area (Å²) >= 11 is 1.29. The molecule has 12 nitrogen and oxygen atoms in total. The number of nitrogens with zero attached hydrogens (tertiary/aromatic N) is 4. The molecule has 240 valence electrons. The van der Waals surface area contributed by atoms with Crippen LogP contribution in [0.4, 0.5) is 0 Å². The number of fused-ring (bicyclic) bond motifs is 4. The molecule has 5 rings (SSSR count). The first-order valence-electron chi connectivity index (χ1n) is 15.6. The Labute approximate surface area is 267 Å². The molecule has 4 bridgehead atoms. The Morgan fingerprint density at radius 1 is 1.02 bits per heavy atom. The highest BCUT2D eigenvalue weighted by atomic mass is 32.1. The van der Waals surface area contributed by atoms with E-state index in [4.69, 9.17) is 4.42 Å². The summed E-state index contributed by atoms with van der Waals surface area (Å²) in [4.78, 5) is 66.4. The predicted octanol–water partition coefficient (Wildman–Crippen LogP) is 2.96. The van der Waals surface area contributed by atoms with Crippen LogP contribution in [0.5, 0.6) is 0 Å². The highest BCUT2D eigenvalue weighted by molar-refractivity contribution is 7.09. The molecular formula is C32H41N7O5S. The summed E-state index contributed by atoms with van der Waals surface area (Å²) in [5, 5.41) is 11.1. The summed E-state index contributed by atoms with van der Waals surface area (Å²) < 4.78 is 5.71. The highest BCUT2D eigenvalue weighted by Gasteiger charge is 2.31. The third kappa shape index (κ3) is 8.14. The zero-order valence-corrected chi connectivity index (χ0v) is 26.8. The topological polar surface area (TPSA) is 150 Å². The standard InChI is InChI=1S/C32H41N7O5S/c1-4-38-13-10-22(11-14-38)32(43)39-15-12-33-28(41)24-18-44-30(35-24)23(16-21-8-6-5-7-9-21)34-29(42)25-19-45-31(36-25)27(20(2)3)37-26(40)17-39/h5-9,18-20,22-23,27H,4,10-17H2,1-3H3,(H,33,41)(H,34,42)(H,37,40)/t23-,27-/m0/s1. The smallest absolute Gasteiger partial charge is 0.273 e. The number of thiazole rings is 1. The molecule has 0 spiro atoms. The summed E-state index contributed by atoms with van der Waals surface area (Å²) in [5.41, 5.74) is 1.20. The first-order valence-corrected chi connectivity index (χ1v) is 16.4. The Bertz CT molecular complexity index is 1480. The molecular weight excluding hydrogens is 594 g/mol. The molecule has 1 aromatic carbocycles. The van der Waals surface area contributed by atoms with Crippen molar-refractivity contribution in [2.75, 3.05) is 39.3 Å². The number of piperidine rings is 1. The number of rotatable bonds is 5. The number of nitrogens with one attached hydrogen (secondary N) is 3. The van der Waals surface area contributed by atoms with Crippen molar-refractivity contribution in [2.24, 2.45) is 11.8 Å². The van der Waals surface area contributed by atoms with Gasteiger partial charge in [0.15, 0.2) is 5.69 Å². The van der Waals surface area contributed by atoms with Crippen molar-refractivity contribution < 1.29 is 23.6 Å². The fraction of sp³-hybridized carbons (Fsp3) is 0.500. The number of hydrogen-bond donors (Lipinski definition) is 3. The van der Waals surface area contributed by atoms with Crippen molar-refractivity contribution in [3.05, 3.63) is 69.8 Å². The molecule has 1 fully saturated rings. The zero-order valence-electron chi connectivity index (χ0n) is 26.0. The van der Waals surface area contributed by atoms with Crippen molar-refractivity contribution in [1.82, 2.24) is 35.7 Å². The van der Waals surface area contributed by atoms with Crippen LogP contribution in [0.1, 0.15) is 83.1 Å². The number of likely N-dealkylation sites (tertiary alicyclic amines) is 1. The molecule has 0 radical (unpaired) electrons. The summed E-state index contributed by atoms with van der Waals surface area (Å²) in [6.45, 7) is 8.78. The Balaban J connectivity index is 1.42. The number of oxazole rings is 1. The molecule has 4 amide bonds. The van der Waals surface area contributed by atoms with E-state index in [0.29, 0.717) is 11.4 Å². The zero-order chi connectivity index (χ0) is 31.9. The molecule has 2 atom stereocenters. The molecule has 3 aromatic rings. The van der Waals surface area contributed by atoms with Gasteiger partial charge in [-0.05, 0) is 44.0 Å². The van der Waals surface area contributed by atoms with E-state index in [1.165, 1.54) is 22.5 Å². The number of carbonyl (C=O) groups is 4. The Morgan fingerprint density at radius 3 is 2.49 bits per heavy atom.